The van der Waals surface area contributed by atoms with Crippen LogP contribution in [0.1, 0.15) is 38.7 Å². The van der Waals surface area contributed by atoms with E-state index in [0.29, 0.717) is 0 Å². The third kappa shape index (κ3) is 4.30. The standard InChI is InChI=1S/C16H28N4O/c1-4-20-10-6-8-16(2,13-20)15(21)17-9-5-7-14-11-18-19(3)12-14/h11-12H,4-10,13H2,1-3H3,(H,17,21)/t16-/m0/s1. The number of piperidine rings is 1. The summed E-state index contributed by atoms with van der Waals surface area (Å²) >= 11 is 0. The number of nitrogens with one attached hydrogen (secondary N) is 1. The molecule has 1 saturated heterocycles. The summed E-state index contributed by atoms with van der Waals surface area (Å²) < 4.78 is 1.82. The lowest BCUT2D eigenvalue weighted by Crippen LogP contribution is -2.50. The molecule has 1 aliphatic rings. The predicted molar refractivity (Wildman–Crippen MR) is 84.0 cm³/mol. The van der Waals surface area contributed by atoms with Gasteiger partial charge in [0.1, 0.15) is 0 Å². The largest absolute Gasteiger partial charge is 0.356 e. The minimum atomic E-state index is -0.220. The van der Waals surface area contributed by atoms with Crippen LogP contribution in [-0.2, 0) is 18.3 Å². The summed E-state index contributed by atoms with van der Waals surface area (Å²) in [5.41, 5.74) is 1.01. The number of carbonyl (C=O) groups is 1. The van der Waals surface area contributed by atoms with E-state index < -0.39 is 0 Å². The lowest BCUT2D eigenvalue weighted by atomic mass is 9.81. The Hall–Kier alpha value is -1.36. The van der Waals surface area contributed by atoms with E-state index in [2.05, 4.69) is 29.2 Å². The van der Waals surface area contributed by atoms with Crippen LogP contribution in [0.3, 0.4) is 0 Å². The first kappa shape index (κ1) is 16.0. The van der Waals surface area contributed by atoms with E-state index >= 15 is 0 Å². The molecule has 1 aromatic rings. The van der Waals surface area contributed by atoms with Crippen LogP contribution in [0, 0.1) is 5.41 Å². The van der Waals surface area contributed by atoms with E-state index in [1.165, 1.54) is 5.56 Å². The van der Waals surface area contributed by atoms with Crippen LogP contribution in [0.15, 0.2) is 12.4 Å². The molecule has 1 N–H and O–H groups in total. The molecule has 2 heterocycles. The Morgan fingerprint density at radius 2 is 2.33 bits per heavy atom. The second-order valence-electron chi connectivity index (χ2n) is 6.41. The quantitative estimate of drug-likeness (QED) is 0.810. The molecule has 1 aromatic heterocycles. The van der Waals surface area contributed by atoms with Gasteiger partial charge in [-0.1, -0.05) is 6.92 Å². The number of aryl methyl sites for hydroxylation is 2. The van der Waals surface area contributed by atoms with Crippen molar-refractivity contribution in [3.8, 4) is 0 Å². The smallest absolute Gasteiger partial charge is 0.227 e. The maximum absolute atomic E-state index is 12.4. The van der Waals surface area contributed by atoms with Crippen molar-refractivity contribution in [2.24, 2.45) is 12.5 Å². The average Bonchev–Trinajstić information content (AvgIpc) is 2.89. The molecule has 1 fully saturated rings. The van der Waals surface area contributed by atoms with E-state index in [9.17, 15) is 4.79 Å². The molecule has 118 valence electrons. The molecule has 2 rings (SSSR count). The Balaban J connectivity index is 1.73. The van der Waals surface area contributed by atoms with Crippen LogP contribution in [0.2, 0.25) is 0 Å². The van der Waals surface area contributed by atoms with Gasteiger partial charge in [-0.15, -0.1) is 0 Å². The van der Waals surface area contributed by atoms with E-state index in [4.69, 9.17) is 0 Å². The summed E-state index contributed by atoms with van der Waals surface area (Å²) in [6.45, 7) is 8.06. The number of likely N-dealkylation sites (tertiary alicyclic amines) is 1. The Kier molecular flexibility index (Phi) is 5.39. The van der Waals surface area contributed by atoms with E-state index in [1.54, 1.807) is 0 Å². The molecule has 1 atom stereocenters. The third-order valence-corrected chi connectivity index (χ3v) is 4.46. The normalized spacial score (nSPS) is 23.2. The number of aromatic nitrogens is 2. The molecule has 0 spiro atoms. The van der Waals surface area contributed by atoms with Gasteiger partial charge in [-0.2, -0.15) is 5.10 Å². The number of rotatable bonds is 6. The topological polar surface area (TPSA) is 50.2 Å². The van der Waals surface area contributed by atoms with Crippen molar-refractivity contribution in [2.45, 2.75) is 39.5 Å². The number of carbonyl (C=O) groups excluding carboxylic acids is 1. The lowest BCUT2D eigenvalue weighted by Gasteiger charge is -2.38. The second-order valence-corrected chi connectivity index (χ2v) is 6.41. The predicted octanol–water partition coefficient (Wildman–Crippen LogP) is 1.59. The second kappa shape index (κ2) is 7.07. The summed E-state index contributed by atoms with van der Waals surface area (Å²) in [7, 11) is 1.93. The van der Waals surface area contributed by atoms with Gasteiger partial charge < -0.3 is 10.2 Å². The Morgan fingerprint density at radius 3 is 3.00 bits per heavy atom. The molecular formula is C16H28N4O. The molecule has 0 radical (unpaired) electrons. The molecule has 1 aliphatic heterocycles. The fourth-order valence-corrected chi connectivity index (χ4v) is 3.11. The van der Waals surface area contributed by atoms with Crippen molar-refractivity contribution < 1.29 is 4.79 Å². The van der Waals surface area contributed by atoms with Crippen molar-refractivity contribution >= 4 is 5.91 Å². The highest BCUT2D eigenvalue weighted by molar-refractivity contribution is 5.82. The van der Waals surface area contributed by atoms with Gasteiger partial charge in [0.25, 0.3) is 0 Å². The maximum Gasteiger partial charge on any atom is 0.227 e. The van der Waals surface area contributed by atoms with Crippen molar-refractivity contribution in [1.82, 2.24) is 20.0 Å². The van der Waals surface area contributed by atoms with Crippen molar-refractivity contribution in [3.05, 3.63) is 18.0 Å². The van der Waals surface area contributed by atoms with Crippen LogP contribution in [0.25, 0.3) is 0 Å². The maximum atomic E-state index is 12.4. The zero-order chi connectivity index (χ0) is 15.3. The first-order chi connectivity index (χ1) is 10.0. The molecular weight excluding hydrogens is 264 g/mol. The van der Waals surface area contributed by atoms with Crippen molar-refractivity contribution in [2.75, 3.05) is 26.2 Å². The minimum absolute atomic E-state index is 0.215. The van der Waals surface area contributed by atoms with Gasteiger partial charge in [-0.3, -0.25) is 9.48 Å². The first-order valence-corrected chi connectivity index (χ1v) is 8.02. The number of nitrogens with zero attached hydrogens (tertiary/aromatic N) is 3. The zero-order valence-corrected chi connectivity index (χ0v) is 13.6. The van der Waals surface area contributed by atoms with Crippen LogP contribution in [0.4, 0.5) is 0 Å². The van der Waals surface area contributed by atoms with E-state index in [-0.39, 0.29) is 11.3 Å². The van der Waals surface area contributed by atoms with Crippen LogP contribution < -0.4 is 5.32 Å². The third-order valence-electron chi connectivity index (χ3n) is 4.46. The van der Waals surface area contributed by atoms with E-state index in [1.807, 2.05) is 24.1 Å². The van der Waals surface area contributed by atoms with Gasteiger partial charge in [0, 0.05) is 26.3 Å². The summed E-state index contributed by atoms with van der Waals surface area (Å²) in [5, 5.41) is 7.28. The summed E-state index contributed by atoms with van der Waals surface area (Å²) in [4.78, 5) is 14.8. The fraction of sp³-hybridized carbons (Fsp3) is 0.750. The molecule has 0 aliphatic carbocycles. The number of hydrogen-bond acceptors (Lipinski definition) is 3. The van der Waals surface area contributed by atoms with Crippen LogP contribution >= 0.6 is 0 Å². The molecule has 0 unspecified atom stereocenters. The van der Waals surface area contributed by atoms with Gasteiger partial charge in [0.2, 0.25) is 5.91 Å². The minimum Gasteiger partial charge on any atom is -0.356 e. The van der Waals surface area contributed by atoms with Crippen molar-refractivity contribution in [3.63, 3.8) is 0 Å². The fourth-order valence-electron chi connectivity index (χ4n) is 3.11. The molecule has 0 aromatic carbocycles. The Morgan fingerprint density at radius 1 is 1.52 bits per heavy atom. The number of hydrogen-bond donors (Lipinski definition) is 1. The molecule has 21 heavy (non-hydrogen) atoms. The van der Waals surface area contributed by atoms with Crippen molar-refractivity contribution in [1.29, 1.82) is 0 Å². The van der Waals surface area contributed by atoms with Gasteiger partial charge in [-0.05, 0) is 51.3 Å². The molecule has 0 saturated carbocycles. The molecule has 0 bridgehead atoms. The first-order valence-electron chi connectivity index (χ1n) is 8.02. The van der Waals surface area contributed by atoms with Gasteiger partial charge in [0.05, 0.1) is 11.6 Å². The van der Waals surface area contributed by atoms with Gasteiger partial charge in [0.15, 0.2) is 0 Å². The van der Waals surface area contributed by atoms with Gasteiger partial charge in [-0.25, -0.2) is 0 Å². The van der Waals surface area contributed by atoms with Gasteiger partial charge >= 0.3 is 0 Å². The highest BCUT2D eigenvalue weighted by Gasteiger charge is 2.36. The Bertz CT molecular complexity index is 471. The Labute approximate surface area is 127 Å². The molecule has 1 amide bonds. The van der Waals surface area contributed by atoms with E-state index in [0.717, 1.165) is 51.9 Å². The SMILES string of the molecule is CCN1CCC[C@](C)(C(=O)NCCCc2cnn(C)c2)C1. The zero-order valence-electron chi connectivity index (χ0n) is 13.6. The van der Waals surface area contributed by atoms with Crippen LogP contribution in [0.5, 0.6) is 0 Å². The number of amides is 1. The lowest BCUT2D eigenvalue weighted by molar-refractivity contribution is -0.133. The summed E-state index contributed by atoms with van der Waals surface area (Å²) in [6, 6.07) is 0. The summed E-state index contributed by atoms with van der Waals surface area (Å²) in [6.07, 6.45) is 7.97. The molecule has 5 heteroatoms. The van der Waals surface area contributed by atoms with Crippen LogP contribution in [-0.4, -0.2) is 46.8 Å². The summed E-state index contributed by atoms with van der Waals surface area (Å²) in [5.74, 6) is 0.215. The highest BCUT2D eigenvalue weighted by atomic mass is 16.2. The average molecular weight is 292 g/mol. The molecule has 5 nitrogen and oxygen atoms in total. The monoisotopic (exact) mass is 292 g/mol. The highest BCUT2D eigenvalue weighted by Crippen LogP contribution is 2.29.